The normalized spacial score (nSPS) is 11.8. The van der Waals surface area contributed by atoms with Crippen LogP contribution in [0.25, 0.3) is 11.5 Å². The summed E-state index contributed by atoms with van der Waals surface area (Å²) in [6.07, 6.45) is 3.26. The molecule has 2 aliphatic heterocycles. The number of fused-ring (bicyclic) bond motifs is 1. The minimum atomic E-state index is 0.0640. The van der Waals surface area contributed by atoms with Crippen LogP contribution in [0.3, 0.4) is 0 Å². The van der Waals surface area contributed by atoms with Gasteiger partial charge in [-0.15, -0.1) is 0 Å². The predicted molar refractivity (Wildman–Crippen MR) is 118 cm³/mol. The Hall–Kier alpha value is -2.63. The molecule has 0 bridgehead atoms. The van der Waals surface area contributed by atoms with Crippen LogP contribution in [-0.2, 0) is 12.0 Å². The summed E-state index contributed by atoms with van der Waals surface area (Å²) in [5.74, 6) is 1.37. The Morgan fingerprint density at radius 3 is 2.41 bits per heavy atom. The Morgan fingerprint density at radius 2 is 1.69 bits per heavy atom. The Morgan fingerprint density at radius 1 is 0.966 bits per heavy atom. The fourth-order valence-electron chi connectivity index (χ4n) is 3.14. The van der Waals surface area contributed by atoms with Gasteiger partial charge in [0.05, 0.1) is 12.9 Å². The summed E-state index contributed by atoms with van der Waals surface area (Å²) in [5, 5.41) is 4.60. The zero-order valence-corrected chi connectivity index (χ0v) is 18.0. The topological polar surface area (TPSA) is 55.6 Å². The number of benzene rings is 2. The van der Waals surface area contributed by atoms with Gasteiger partial charge in [-0.3, -0.25) is 0 Å². The minimum Gasteiger partial charge on any atom is -0.338 e. The summed E-state index contributed by atoms with van der Waals surface area (Å²) in [6.45, 7) is 7.03. The first-order valence-corrected chi connectivity index (χ1v) is 10.0. The molecule has 2 aromatic rings. The quantitative estimate of drug-likeness (QED) is 0.424. The monoisotopic (exact) mass is 425 g/mol. The van der Waals surface area contributed by atoms with Crippen molar-refractivity contribution in [3.63, 3.8) is 0 Å². The molecule has 1 N–H and O–H groups in total. The second-order valence-electron chi connectivity index (χ2n) is 7.92. The maximum atomic E-state index is 6.33. The predicted octanol–water partition coefficient (Wildman–Crippen LogP) is 6.17. The standard InChI is InChI=1S/C22H21Cl2N5/c1-22(2,3)14-6-4-7-15(10-14)28-20-19-21(26-12-25-19)29(13-27-20)11-16-17(23)8-5-9-18(16)24/h4-10,12-13,28H,11H2,1-3H3. The molecule has 29 heavy (non-hydrogen) atoms. The van der Waals surface area contributed by atoms with Gasteiger partial charge in [0.1, 0.15) is 6.33 Å². The summed E-state index contributed by atoms with van der Waals surface area (Å²) in [4.78, 5) is 13.4. The van der Waals surface area contributed by atoms with Crippen molar-refractivity contribution in [3.05, 3.63) is 76.3 Å². The van der Waals surface area contributed by atoms with E-state index in [2.05, 4.69) is 53.2 Å². The molecule has 0 unspecified atom stereocenters. The van der Waals surface area contributed by atoms with E-state index in [9.17, 15) is 0 Å². The van der Waals surface area contributed by atoms with Crippen molar-refractivity contribution in [3.8, 4) is 11.5 Å². The van der Waals surface area contributed by atoms with Crippen molar-refractivity contribution in [1.82, 2.24) is 19.5 Å². The first-order chi connectivity index (χ1) is 13.8. The molecule has 0 radical (unpaired) electrons. The van der Waals surface area contributed by atoms with Gasteiger partial charge < -0.3 is 9.88 Å². The van der Waals surface area contributed by atoms with Crippen molar-refractivity contribution < 1.29 is 0 Å². The number of hydrogen-bond donors (Lipinski definition) is 1. The molecule has 2 heterocycles. The molecule has 2 aliphatic rings. The van der Waals surface area contributed by atoms with E-state index in [-0.39, 0.29) is 5.41 Å². The number of nitrogens with zero attached hydrogens (tertiary/aromatic N) is 4. The zero-order valence-electron chi connectivity index (χ0n) is 16.4. The van der Waals surface area contributed by atoms with Gasteiger partial charge in [0.25, 0.3) is 0 Å². The SMILES string of the molecule is CC(C)(C)c1cccc(Nc2ncn(Cc3c(Cl)cccc3Cl)c3ncnc2-3)c1. The summed E-state index contributed by atoms with van der Waals surface area (Å²) < 4.78 is 1.90. The van der Waals surface area contributed by atoms with E-state index in [1.807, 2.05) is 34.9 Å². The van der Waals surface area contributed by atoms with Crippen LogP contribution in [0, 0.1) is 0 Å². The highest BCUT2D eigenvalue weighted by Crippen LogP contribution is 2.31. The number of rotatable bonds is 4. The lowest BCUT2D eigenvalue weighted by Gasteiger charge is -2.20. The van der Waals surface area contributed by atoms with Crippen LogP contribution >= 0.6 is 23.2 Å². The van der Waals surface area contributed by atoms with E-state index < -0.39 is 0 Å². The maximum absolute atomic E-state index is 6.33. The summed E-state index contributed by atoms with van der Waals surface area (Å²) in [6, 6.07) is 13.8. The minimum absolute atomic E-state index is 0.0640. The van der Waals surface area contributed by atoms with Gasteiger partial charge in [0, 0.05) is 21.3 Å². The van der Waals surface area contributed by atoms with Gasteiger partial charge in [-0.2, -0.15) is 0 Å². The highest BCUT2D eigenvalue weighted by Gasteiger charge is 2.19. The van der Waals surface area contributed by atoms with Crippen LogP contribution in [0.15, 0.2) is 55.1 Å². The number of hydrogen-bond acceptors (Lipinski definition) is 4. The van der Waals surface area contributed by atoms with Gasteiger partial charge in [-0.05, 0) is 35.2 Å². The van der Waals surface area contributed by atoms with Crippen LogP contribution in [0.2, 0.25) is 10.0 Å². The fourth-order valence-corrected chi connectivity index (χ4v) is 3.66. The molecular formula is C22H21Cl2N5. The van der Waals surface area contributed by atoms with Crippen LogP contribution in [0.1, 0.15) is 31.9 Å². The number of nitrogens with one attached hydrogen (secondary N) is 1. The van der Waals surface area contributed by atoms with Crippen LogP contribution < -0.4 is 5.32 Å². The van der Waals surface area contributed by atoms with Crippen LogP contribution in [0.4, 0.5) is 11.5 Å². The van der Waals surface area contributed by atoms with Gasteiger partial charge >= 0.3 is 0 Å². The zero-order chi connectivity index (χ0) is 20.6. The molecule has 0 saturated carbocycles. The van der Waals surface area contributed by atoms with Gasteiger partial charge in [0.2, 0.25) is 0 Å². The smallest absolute Gasteiger partial charge is 0.165 e. The molecule has 7 heteroatoms. The molecular weight excluding hydrogens is 405 g/mol. The van der Waals surface area contributed by atoms with Crippen LogP contribution in [-0.4, -0.2) is 19.5 Å². The average Bonchev–Trinajstić information content (AvgIpc) is 3.16. The molecule has 2 aromatic carbocycles. The maximum Gasteiger partial charge on any atom is 0.165 e. The largest absolute Gasteiger partial charge is 0.338 e. The van der Waals surface area contributed by atoms with Crippen molar-refractivity contribution in [2.45, 2.75) is 32.7 Å². The highest BCUT2D eigenvalue weighted by molar-refractivity contribution is 6.36. The van der Waals surface area contributed by atoms with Gasteiger partial charge in [-0.1, -0.05) is 62.2 Å². The summed E-state index contributed by atoms with van der Waals surface area (Å²) in [5.41, 5.74) is 3.78. The molecule has 4 rings (SSSR count). The van der Waals surface area contributed by atoms with Crippen LogP contribution in [0.5, 0.6) is 0 Å². The molecule has 148 valence electrons. The summed E-state index contributed by atoms with van der Waals surface area (Å²) in [7, 11) is 0. The molecule has 5 nitrogen and oxygen atoms in total. The van der Waals surface area contributed by atoms with E-state index in [1.54, 1.807) is 6.33 Å². The third-order valence-electron chi connectivity index (χ3n) is 4.78. The average molecular weight is 426 g/mol. The third-order valence-corrected chi connectivity index (χ3v) is 5.49. The lowest BCUT2D eigenvalue weighted by atomic mass is 9.87. The van der Waals surface area contributed by atoms with Gasteiger partial charge in [-0.25, -0.2) is 15.0 Å². The number of aromatic nitrogens is 4. The molecule has 0 spiro atoms. The molecule has 0 saturated heterocycles. The molecule has 0 aliphatic carbocycles. The van der Waals surface area contributed by atoms with E-state index in [1.165, 1.54) is 11.9 Å². The Balaban J connectivity index is 1.67. The van der Waals surface area contributed by atoms with E-state index in [0.29, 0.717) is 33.9 Å². The number of imidazole rings is 1. The first kappa shape index (κ1) is 19.7. The van der Waals surface area contributed by atoms with E-state index in [4.69, 9.17) is 23.2 Å². The number of anilines is 2. The summed E-state index contributed by atoms with van der Waals surface area (Å²) >= 11 is 12.7. The highest BCUT2D eigenvalue weighted by atomic mass is 35.5. The first-order valence-electron chi connectivity index (χ1n) is 9.29. The van der Waals surface area contributed by atoms with Crippen molar-refractivity contribution in [2.75, 3.05) is 5.32 Å². The van der Waals surface area contributed by atoms with E-state index >= 15 is 0 Å². The van der Waals surface area contributed by atoms with Crippen molar-refractivity contribution in [2.24, 2.45) is 0 Å². The molecule has 0 amide bonds. The molecule has 0 aromatic heterocycles. The van der Waals surface area contributed by atoms with Crippen molar-refractivity contribution >= 4 is 34.7 Å². The Bertz CT molecular complexity index is 1110. The third kappa shape index (κ3) is 4.07. The molecule has 0 fully saturated rings. The molecule has 0 atom stereocenters. The van der Waals surface area contributed by atoms with E-state index in [0.717, 1.165) is 11.3 Å². The number of halogens is 2. The lowest BCUT2D eigenvalue weighted by Crippen LogP contribution is -2.12. The Kier molecular flexibility index (Phi) is 5.19. The fraction of sp³-hybridized carbons (Fsp3) is 0.227. The second-order valence-corrected chi connectivity index (χ2v) is 8.74. The Labute approximate surface area is 180 Å². The van der Waals surface area contributed by atoms with Gasteiger partial charge in [0.15, 0.2) is 17.3 Å². The lowest BCUT2D eigenvalue weighted by molar-refractivity contribution is 0.590. The second kappa shape index (κ2) is 7.65. The van der Waals surface area contributed by atoms with Crippen molar-refractivity contribution in [1.29, 1.82) is 0 Å².